The highest BCUT2D eigenvalue weighted by Crippen LogP contribution is 2.25. The van der Waals surface area contributed by atoms with Crippen molar-refractivity contribution in [1.82, 2.24) is 15.5 Å². The molecule has 0 saturated heterocycles. The first kappa shape index (κ1) is 13.1. The molecule has 2 aromatic rings. The van der Waals surface area contributed by atoms with Crippen LogP contribution in [0.4, 0.5) is 11.7 Å². The van der Waals surface area contributed by atoms with E-state index in [9.17, 15) is 0 Å². The molecule has 0 radical (unpaired) electrons. The van der Waals surface area contributed by atoms with Crippen molar-refractivity contribution in [3.05, 3.63) is 34.7 Å². The van der Waals surface area contributed by atoms with Crippen LogP contribution in [-0.2, 0) is 6.54 Å². The van der Waals surface area contributed by atoms with Crippen LogP contribution >= 0.6 is 0 Å². The van der Waals surface area contributed by atoms with E-state index in [1.54, 1.807) is 0 Å². The van der Waals surface area contributed by atoms with Gasteiger partial charge in [-0.3, -0.25) is 0 Å². The van der Waals surface area contributed by atoms with E-state index in [0.717, 1.165) is 5.69 Å². The summed E-state index contributed by atoms with van der Waals surface area (Å²) in [5.74, 6) is 0.627. The quantitative estimate of drug-likeness (QED) is 0.876. The summed E-state index contributed by atoms with van der Waals surface area (Å²) in [6.07, 6.45) is 2.50. The van der Waals surface area contributed by atoms with Gasteiger partial charge in [0.05, 0.1) is 6.54 Å². The molecule has 0 aliphatic heterocycles. The number of nitrogens with zero attached hydrogens (tertiary/aromatic N) is 2. The topological polar surface area (TPSA) is 63.0 Å². The molecule has 0 atom stereocenters. The van der Waals surface area contributed by atoms with Crippen LogP contribution in [0.3, 0.4) is 0 Å². The van der Waals surface area contributed by atoms with Gasteiger partial charge in [-0.15, -0.1) is 5.10 Å². The smallest absolute Gasteiger partial charge is 0.320 e. The molecular formula is C15H20N4O. The van der Waals surface area contributed by atoms with Crippen molar-refractivity contribution in [3.63, 3.8) is 0 Å². The lowest BCUT2D eigenvalue weighted by molar-refractivity contribution is 0.478. The lowest BCUT2D eigenvalue weighted by Crippen LogP contribution is -2.15. The SMILES string of the molecule is Cc1cc(C)c(Nc2nnc(CNC3CC3)o2)c(C)c1. The van der Waals surface area contributed by atoms with Crippen LogP contribution < -0.4 is 10.6 Å². The number of anilines is 2. The van der Waals surface area contributed by atoms with Crippen molar-refractivity contribution in [2.24, 2.45) is 0 Å². The van der Waals surface area contributed by atoms with E-state index < -0.39 is 0 Å². The molecule has 106 valence electrons. The van der Waals surface area contributed by atoms with Gasteiger partial charge in [-0.1, -0.05) is 22.8 Å². The maximum Gasteiger partial charge on any atom is 0.320 e. The van der Waals surface area contributed by atoms with Gasteiger partial charge in [-0.2, -0.15) is 0 Å². The minimum atomic E-state index is 0.452. The van der Waals surface area contributed by atoms with Crippen molar-refractivity contribution >= 4 is 11.7 Å². The second-order valence-electron chi connectivity index (χ2n) is 5.55. The normalized spacial score (nSPS) is 14.6. The van der Waals surface area contributed by atoms with Crippen LogP contribution in [0, 0.1) is 20.8 Å². The third kappa shape index (κ3) is 2.99. The van der Waals surface area contributed by atoms with Gasteiger partial charge in [0, 0.05) is 11.7 Å². The fourth-order valence-corrected chi connectivity index (χ4v) is 2.38. The van der Waals surface area contributed by atoms with Crippen LogP contribution in [0.5, 0.6) is 0 Å². The Morgan fingerprint density at radius 2 is 1.85 bits per heavy atom. The molecule has 0 spiro atoms. The average Bonchev–Trinajstić information content (AvgIpc) is 3.11. The van der Waals surface area contributed by atoms with E-state index in [1.807, 2.05) is 0 Å². The maximum absolute atomic E-state index is 5.61. The zero-order chi connectivity index (χ0) is 14.1. The largest absolute Gasteiger partial charge is 0.406 e. The summed E-state index contributed by atoms with van der Waals surface area (Å²) in [7, 11) is 0. The Bertz CT molecular complexity index is 593. The average molecular weight is 272 g/mol. The van der Waals surface area contributed by atoms with Crippen LogP contribution in [-0.4, -0.2) is 16.2 Å². The van der Waals surface area contributed by atoms with Gasteiger partial charge in [0.15, 0.2) is 0 Å². The molecule has 1 fully saturated rings. The molecule has 5 heteroatoms. The number of nitrogens with one attached hydrogen (secondary N) is 2. The summed E-state index contributed by atoms with van der Waals surface area (Å²) < 4.78 is 5.61. The fraction of sp³-hybridized carbons (Fsp3) is 0.467. The summed E-state index contributed by atoms with van der Waals surface area (Å²) >= 11 is 0. The molecule has 0 bridgehead atoms. The number of hydrogen-bond donors (Lipinski definition) is 2. The van der Waals surface area contributed by atoms with E-state index in [4.69, 9.17) is 4.42 Å². The molecule has 2 N–H and O–H groups in total. The first-order chi connectivity index (χ1) is 9.61. The first-order valence-electron chi connectivity index (χ1n) is 7.02. The van der Waals surface area contributed by atoms with Gasteiger partial charge >= 0.3 is 6.01 Å². The van der Waals surface area contributed by atoms with Crippen molar-refractivity contribution < 1.29 is 4.42 Å². The Labute approximate surface area is 118 Å². The summed E-state index contributed by atoms with van der Waals surface area (Å²) in [5, 5.41) is 14.7. The molecule has 1 aliphatic rings. The van der Waals surface area contributed by atoms with E-state index in [-0.39, 0.29) is 0 Å². The van der Waals surface area contributed by atoms with E-state index in [2.05, 4.69) is 53.7 Å². The highest BCUT2D eigenvalue weighted by Gasteiger charge is 2.21. The Morgan fingerprint density at radius 3 is 2.50 bits per heavy atom. The molecule has 1 heterocycles. The Morgan fingerprint density at radius 1 is 1.15 bits per heavy atom. The van der Waals surface area contributed by atoms with Gasteiger partial charge in [0.2, 0.25) is 5.89 Å². The Hall–Kier alpha value is -1.88. The van der Waals surface area contributed by atoms with Crippen molar-refractivity contribution in [2.45, 2.75) is 46.2 Å². The molecule has 1 aliphatic carbocycles. The summed E-state index contributed by atoms with van der Waals surface area (Å²) in [5.41, 5.74) is 4.66. The standard InChI is InChI=1S/C15H20N4O/c1-9-6-10(2)14(11(3)7-9)17-15-19-18-13(20-15)8-16-12-4-5-12/h6-7,12,16H,4-5,8H2,1-3H3,(H,17,19). The molecule has 0 unspecified atom stereocenters. The second-order valence-corrected chi connectivity index (χ2v) is 5.55. The van der Waals surface area contributed by atoms with Crippen LogP contribution in [0.15, 0.2) is 16.5 Å². The van der Waals surface area contributed by atoms with E-state index in [1.165, 1.54) is 29.5 Å². The van der Waals surface area contributed by atoms with Gasteiger partial charge in [0.1, 0.15) is 0 Å². The minimum absolute atomic E-state index is 0.452. The van der Waals surface area contributed by atoms with Crippen LogP contribution in [0.25, 0.3) is 0 Å². The monoisotopic (exact) mass is 272 g/mol. The summed E-state index contributed by atoms with van der Waals surface area (Å²) in [6.45, 7) is 6.89. The van der Waals surface area contributed by atoms with Gasteiger partial charge in [-0.25, -0.2) is 0 Å². The fourth-order valence-electron chi connectivity index (χ4n) is 2.38. The molecule has 5 nitrogen and oxygen atoms in total. The highest BCUT2D eigenvalue weighted by atomic mass is 16.4. The number of benzene rings is 1. The van der Waals surface area contributed by atoms with Crippen molar-refractivity contribution in [2.75, 3.05) is 5.32 Å². The first-order valence-corrected chi connectivity index (χ1v) is 7.02. The predicted molar refractivity (Wildman–Crippen MR) is 78.1 cm³/mol. The highest BCUT2D eigenvalue weighted by molar-refractivity contribution is 5.62. The number of hydrogen-bond acceptors (Lipinski definition) is 5. The number of rotatable bonds is 5. The van der Waals surface area contributed by atoms with E-state index in [0.29, 0.717) is 24.5 Å². The zero-order valence-electron chi connectivity index (χ0n) is 12.2. The zero-order valence-corrected chi connectivity index (χ0v) is 12.2. The number of aromatic nitrogens is 2. The van der Waals surface area contributed by atoms with E-state index >= 15 is 0 Å². The summed E-state index contributed by atoms with van der Waals surface area (Å²) in [6, 6.07) is 5.37. The van der Waals surface area contributed by atoms with Crippen LogP contribution in [0.1, 0.15) is 35.4 Å². The molecule has 3 rings (SSSR count). The molecular weight excluding hydrogens is 252 g/mol. The van der Waals surface area contributed by atoms with Gasteiger partial charge in [0.25, 0.3) is 0 Å². The Balaban J connectivity index is 1.70. The van der Waals surface area contributed by atoms with Gasteiger partial charge in [-0.05, 0) is 44.7 Å². The third-order valence-corrected chi connectivity index (χ3v) is 3.50. The lowest BCUT2D eigenvalue weighted by Gasteiger charge is -2.10. The molecule has 1 aromatic heterocycles. The molecule has 20 heavy (non-hydrogen) atoms. The minimum Gasteiger partial charge on any atom is -0.406 e. The Kier molecular flexibility index (Phi) is 3.44. The predicted octanol–water partition coefficient (Wildman–Crippen LogP) is 2.99. The lowest BCUT2D eigenvalue weighted by atomic mass is 10.1. The third-order valence-electron chi connectivity index (χ3n) is 3.50. The molecule has 1 saturated carbocycles. The van der Waals surface area contributed by atoms with Crippen molar-refractivity contribution in [3.8, 4) is 0 Å². The summed E-state index contributed by atoms with van der Waals surface area (Å²) in [4.78, 5) is 0. The van der Waals surface area contributed by atoms with Crippen LogP contribution in [0.2, 0.25) is 0 Å². The second kappa shape index (κ2) is 5.25. The maximum atomic E-state index is 5.61. The molecule has 0 amide bonds. The van der Waals surface area contributed by atoms with Crippen molar-refractivity contribution in [1.29, 1.82) is 0 Å². The van der Waals surface area contributed by atoms with Gasteiger partial charge < -0.3 is 15.1 Å². The molecule has 1 aromatic carbocycles. The number of aryl methyl sites for hydroxylation is 3.